The molecule has 0 radical (unpaired) electrons. The van der Waals surface area contributed by atoms with Gasteiger partial charge in [-0.25, -0.2) is 4.39 Å². The van der Waals surface area contributed by atoms with E-state index in [0.717, 1.165) is 22.1 Å². The van der Waals surface area contributed by atoms with E-state index in [1.165, 1.54) is 0 Å². The van der Waals surface area contributed by atoms with Crippen LogP contribution in [-0.2, 0) is 4.74 Å². The molecule has 1 fully saturated rings. The maximum atomic E-state index is 14.2. The summed E-state index contributed by atoms with van der Waals surface area (Å²) in [6.07, 6.45) is -1.45. The number of ketones is 1. The number of halogens is 1. The van der Waals surface area contributed by atoms with Crippen molar-refractivity contribution < 1.29 is 27.8 Å². The minimum absolute atomic E-state index is 0.00495. The average molecular weight is 514 g/mol. The molecule has 0 N–H and O–H groups in total. The molecule has 0 bridgehead atoms. The van der Waals surface area contributed by atoms with Gasteiger partial charge in [0.1, 0.15) is 35.0 Å². The van der Waals surface area contributed by atoms with Crippen LogP contribution in [0.4, 0.5) is 4.39 Å². The second-order valence-corrected chi connectivity index (χ2v) is 9.63. The second-order valence-electron chi connectivity index (χ2n) is 9.63. The van der Waals surface area contributed by atoms with Crippen molar-refractivity contribution in [3.8, 4) is 40.0 Å². The molecule has 5 rings (SSSR count). The van der Waals surface area contributed by atoms with Gasteiger partial charge in [-0.1, -0.05) is 44.2 Å². The number of nitriles is 1. The molecule has 6 nitrogen and oxygen atoms in total. The molecule has 2 atom stereocenters. The molecule has 38 heavy (non-hydrogen) atoms. The Bertz CT molecular complexity index is 1530. The van der Waals surface area contributed by atoms with Crippen LogP contribution in [0.15, 0.2) is 65.1 Å². The van der Waals surface area contributed by atoms with Gasteiger partial charge in [0.05, 0.1) is 31.5 Å². The van der Waals surface area contributed by atoms with Crippen LogP contribution in [0.3, 0.4) is 0 Å². The van der Waals surface area contributed by atoms with Crippen LogP contribution in [0.2, 0.25) is 0 Å². The summed E-state index contributed by atoms with van der Waals surface area (Å²) in [5.74, 6) is 1.41. The molecule has 2 heterocycles. The molecule has 0 spiro atoms. The standard InChI is InChI=1S/C31H28FNO5/c1-18(2)30(34)20-7-9-24(28(14-20)35-3)29-15-21-5-4-6-23(31(21)38-29)19-8-10-26(22(13-19)16-33)37-27-11-12-36-17-25(27)32/h4-10,13-15,18,25,27H,11-12,17H2,1-3H3/t25-,27?/m0/s1. The number of carbonyl (C=O) groups excluding carboxylic acids is 1. The molecule has 1 aromatic heterocycles. The van der Waals surface area contributed by atoms with Crippen LogP contribution in [0.5, 0.6) is 11.5 Å². The van der Waals surface area contributed by atoms with Gasteiger partial charge in [0.15, 0.2) is 12.0 Å². The fourth-order valence-corrected chi connectivity index (χ4v) is 4.67. The van der Waals surface area contributed by atoms with E-state index in [4.69, 9.17) is 18.6 Å². The number of carbonyl (C=O) groups is 1. The second kappa shape index (κ2) is 10.7. The number of nitrogens with zero attached hydrogens (tertiary/aromatic N) is 1. The highest BCUT2D eigenvalue weighted by atomic mass is 19.1. The van der Waals surface area contributed by atoms with Crippen LogP contribution >= 0.6 is 0 Å². The van der Waals surface area contributed by atoms with Gasteiger partial charge in [-0.05, 0) is 35.9 Å². The minimum Gasteiger partial charge on any atom is -0.496 e. The van der Waals surface area contributed by atoms with Gasteiger partial charge in [0, 0.05) is 28.9 Å². The summed E-state index contributed by atoms with van der Waals surface area (Å²) in [5.41, 5.74) is 3.86. The molecule has 1 unspecified atom stereocenters. The first-order chi connectivity index (χ1) is 18.4. The molecule has 7 heteroatoms. The highest BCUT2D eigenvalue weighted by Crippen LogP contribution is 2.39. The third-order valence-electron chi connectivity index (χ3n) is 6.74. The van der Waals surface area contributed by atoms with Gasteiger partial charge in [0.25, 0.3) is 0 Å². The van der Waals surface area contributed by atoms with E-state index in [0.29, 0.717) is 47.0 Å². The van der Waals surface area contributed by atoms with E-state index in [1.54, 1.807) is 31.4 Å². The summed E-state index contributed by atoms with van der Waals surface area (Å²) < 4.78 is 37.1. The van der Waals surface area contributed by atoms with Crippen molar-refractivity contribution in [2.24, 2.45) is 5.92 Å². The third kappa shape index (κ3) is 4.88. The van der Waals surface area contributed by atoms with Crippen molar-refractivity contribution in [3.63, 3.8) is 0 Å². The number of ether oxygens (including phenoxy) is 3. The fraction of sp³-hybridized carbons (Fsp3) is 0.290. The zero-order valence-corrected chi connectivity index (χ0v) is 21.5. The molecule has 4 aromatic rings. The quantitative estimate of drug-likeness (QED) is 0.248. The first-order valence-electron chi connectivity index (χ1n) is 12.6. The van der Waals surface area contributed by atoms with Crippen molar-refractivity contribution >= 4 is 16.8 Å². The Labute approximate surface area is 220 Å². The number of benzene rings is 3. The van der Waals surface area contributed by atoms with E-state index in [1.807, 2.05) is 50.2 Å². The minimum atomic E-state index is -1.24. The topological polar surface area (TPSA) is 81.7 Å². The Morgan fingerprint density at radius 2 is 1.92 bits per heavy atom. The summed E-state index contributed by atoms with van der Waals surface area (Å²) >= 11 is 0. The number of furan rings is 1. The number of fused-ring (bicyclic) bond motifs is 1. The van der Waals surface area contributed by atoms with Gasteiger partial charge in [-0.2, -0.15) is 5.26 Å². The van der Waals surface area contributed by atoms with Crippen LogP contribution in [0, 0.1) is 17.2 Å². The maximum absolute atomic E-state index is 14.2. The highest BCUT2D eigenvalue weighted by Gasteiger charge is 2.28. The normalized spacial score (nSPS) is 17.4. The van der Waals surface area contributed by atoms with Crippen molar-refractivity contribution in [1.82, 2.24) is 0 Å². The van der Waals surface area contributed by atoms with Gasteiger partial charge >= 0.3 is 0 Å². The molecule has 1 saturated heterocycles. The molecule has 194 valence electrons. The molecule has 0 amide bonds. The number of methoxy groups -OCH3 is 1. The Hall–Kier alpha value is -4.15. The third-order valence-corrected chi connectivity index (χ3v) is 6.74. The van der Waals surface area contributed by atoms with Gasteiger partial charge in [-0.3, -0.25) is 4.79 Å². The largest absolute Gasteiger partial charge is 0.496 e. The van der Waals surface area contributed by atoms with E-state index in [9.17, 15) is 14.4 Å². The number of rotatable bonds is 7. The molecular weight excluding hydrogens is 485 g/mol. The number of Topliss-reactive ketones (excluding diaryl/α,β-unsaturated/α-hetero) is 1. The average Bonchev–Trinajstić information content (AvgIpc) is 3.38. The van der Waals surface area contributed by atoms with E-state index in [2.05, 4.69) is 6.07 Å². The predicted molar refractivity (Wildman–Crippen MR) is 142 cm³/mol. The van der Waals surface area contributed by atoms with E-state index >= 15 is 0 Å². The maximum Gasteiger partial charge on any atom is 0.165 e. The van der Waals surface area contributed by atoms with Crippen molar-refractivity contribution in [2.75, 3.05) is 20.3 Å². The molecule has 1 aliphatic rings. The zero-order valence-electron chi connectivity index (χ0n) is 21.5. The lowest BCUT2D eigenvalue weighted by Crippen LogP contribution is -2.37. The zero-order chi connectivity index (χ0) is 26.8. The number of para-hydroxylation sites is 1. The number of hydrogen-bond donors (Lipinski definition) is 0. The van der Waals surface area contributed by atoms with Crippen molar-refractivity contribution in [2.45, 2.75) is 32.5 Å². The molecule has 1 aliphatic heterocycles. The SMILES string of the molecule is COc1cc(C(=O)C(C)C)ccc1-c1cc2cccc(-c3ccc(OC4CCOC[C@@H]4F)c(C#N)c3)c2o1. The van der Waals surface area contributed by atoms with Crippen LogP contribution in [0.1, 0.15) is 36.2 Å². The molecule has 0 saturated carbocycles. The van der Waals surface area contributed by atoms with Gasteiger partial charge < -0.3 is 18.6 Å². The fourth-order valence-electron chi connectivity index (χ4n) is 4.67. The Balaban J connectivity index is 1.51. The van der Waals surface area contributed by atoms with Crippen LogP contribution < -0.4 is 9.47 Å². The lowest BCUT2D eigenvalue weighted by molar-refractivity contribution is -0.0383. The van der Waals surface area contributed by atoms with Crippen LogP contribution in [-0.4, -0.2) is 38.4 Å². The molecule has 0 aliphatic carbocycles. The number of hydrogen-bond acceptors (Lipinski definition) is 6. The lowest BCUT2D eigenvalue weighted by atomic mass is 9.98. The van der Waals surface area contributed by atoms with E-state index in [-0.39, 0.29) is 18.3 Å². The smallest absolute Gasteiger partial charge is 0.165 e. The summed E-state index contributed by atoms with van der Waals surface area (Å²) in [6, 6.07) is 20.5. The van der Waals surface area contributed by atoms with Gasteiger partial charge in [-0.15, -0.1) is 0 Å². The van der Waals surface area contributed by atoms with Crippen LogP contribution in [0.25, 0.3) is 33.4 Å². The molecular formula is C31H28FNO5. The number of alkyl halides is 1. The van der Waals surface area contributed by atoms with Crippen molar-refractivity contribution in [1.29, 1.82) is 5.26 Å². The van der Waals surface area contributed by atoms with Crippen molar-refractivity contribution in [3.05, 3.63) is 71.8 Å². The summed E-state index contributed by atoms with van der Waals surface area (Å²) in [4.78, 5) is 12.5. The van der Waals surface area contributed by atoms with Gasteiger partial charge in [0.2, 0.25) is 0 Å². The first kappa shape index (κ1) is 25.5. The summed E-state index contributed by atoms with van der Waals surface area (Å²) in [7, 11) is 1.56. The summed E-state index contributed by atoms with van der Waals surface area (Å²) in [6.45, 7) is 4.15. The monoisotopic (exact) mass is 513 g/mol. The lowest BCUT2D eigenvalue weighted by Gasteiger charge is -2.27. The van der Waals surface area contributed by atoms with E-state index < -0.39 is 12.3 Å². The highest BCUT2D eigenvalue weighted by molar-refractivity contribution is 5.99. The Morgan fingerprint density at radius 3 is 2.66 bits per heavy atom. The first-order valence-corrected chi connectivity index (χ1v) is 12.6. The summed E-state index contributed by atoms with van der Waals surface area (Å²) in [5, 5.41) is 10.7. The Kier molecular flexibility index (Phi) is 7.17. The predicted octanol–water partition coefficient (Wildman–Crippen LogP) is 6.99. The molecule has 3 aromatic carbocycles. The Morgan fingerprint density at radius 1 is 1.08 bits per heavy atom.